The number of aryl methyl sites for hydroxylation is 1. The van der Waals surface area contributed by atoms with Crippen molar-refractivity contribution in [1.82, 2.24) is 15.1 Å². The van der Waals surface area contributed by atoms with Crippen LogP contribution in [0.4, 0.5) is 0 Å². The number of thiophene rings is 1. The topological polar surface area (TPSA) is 29.9 Å². The first-order valence-electron chi connectivity index (χ1n) is 6.08. The molecule has 1 aliphatic rings. The van der Waals surface area contributed by atoms with E-state index in [4.69, 9.17) is 0 Å². The third kappa shape index (κ3) is 2.42. The summed E-state index contributed by atoms with van der Waals surface area (Å²) in [5.41, 5.74) is 1.24. The first kappa shape index (κ1) is 11.0. The Hall–Kier alpha value is -1.13. The van der Waals surface area contributed by atoms with E-state index in [1.807, 2.05) is 29.3 Å². The van der Waals surface area contributed by atoms with Crippen LogP contribution in [0.2, 0.25) is 0 Å². The van der Waals surface area contributed by atoms with Crippen molar-refractivity contribution in [2.75, 3.05) is 0 Å². The summed E-state index contributed by atoms with van der Waals surface area (Å²) in [6.45, 7) is 0.898. The molecular weight excluding hydrogens is 230 g/mol. The minimum Gasteiger partial charge on any atom is -0.303 e. The maximum Gasteiger partial charge on any atom is 0.0518 e. The Bertz CT molecular complexity index is 471. The van der Waals surface area contributed by atoms with Gasteiger partial charge in [0.25, 0.3) is 0 Å². The smallest absolute Gasteiger partial charge is 0.0518 e. The molecule has 1 N–H and O–H groups in total. The molecule has 3 nitrogen and oxygen atoms in total. The van der Waals surface area contributed by atoms with Crippen LogP contribution >= 0.6 is 11.3 Å². The van der Waals surface area contributed by atoms with Crippen molar-refractivity contribution >= 4 is 11.3 Å². The maximum absolute atomic E-state index is 4.20. The van der Waals surface area contributed by atoms with Crippen LogP contribution in [0, 0.1) is 5.92 Å². The molecule has 2 aromatic rings. The third-order valence-corrected chi connectivity index (χ3v) is 4.32. The minimum absolute atomic E-state index is 0.532. The summed E-state index contributed by atoms with van der Waals surface area (Å²) in [6, 6.07) is 6.99. The highest BCUT2D eigenvalue weighted by Crippen LogP contribution is 2.42. The summed E-state index contributed by atoms with van der Waals surface area (Å²) in [4.78, 5) is 1.47. The van der Waals surface area contributed by atoms with Gasteiger partial charge in [0.1, 0.15) is 0 Å². The van der Waals surface area contributed by atoms with E-state index in [0.717, 1.165) is 12.5 Å². The van der Waals surface area contributed by atoms with Gasteiger partial charge in [0.15, 0.2) is 0 Å². The van der Waals surface area contributed by atoms with E-state index in [1.165, 1.54) is 23.4 Å². The molecule has 17 heavy (non-hydrogen) atoms. The number of rotatable bonds is 5. The maximum atomic E-state index is 4.20. The fraction of sp³-hybridized carbons (Fsp3) is 0.462. The fourth-order valence-electron chi connectivity index (χ4n) is 2.19. The molecule has 0 aliphatic heterocycles. The summed E-state index contributed by atoms with van der Waals surface area (Å²) in [5.74, 6) is 0.835. The summed E-state index contributed by atoms with van der Waals surface area (Å²) >= 11 is 1.86. The Balaban J connectivity index is 1.68. The van der Waals surface area contributed by atoms with Crippen LogP contribution in [-0.2, 0) is 13.6 Å². The van der Waals surface area contributed by atoms with Gasteiger partial charge >= 0.3 is 0 Å². The molecule has 1 unspecified atom stereocenters. The lowest BCUT2D eigenvalue weighted by Crippen LogP contribution is -2.23. The van der Waals surface area contributed by atoms with Crippen molar-refractivity contribution in [3.05, 3.63) is 40.3 Å². The van der Waals surface area contributed by atoms with Gasteiger partial charge in [-0.25, -0.2) is 0 Å². The lowest BCUT2D eigenvalue weighted by atomic mass is 10.1. The summed E-state index contributed by atoms with van der Waals surface area (Å²) in [7, 11) is 1.99. The largest absolute Gasteiger partial charge is 0.303 e. The molecule has 1 aliphatic carbocycles. The molecule has 0 radical (unpaired) electrons. The van der Waals surface area contributed by atoms with Crippen molar-refractivity contribution in [2.45, 2.75) is 25.4 Å². The van der Waals surface area contributed by atoms with Crippen LogP contribution in [0.25, 0.3) is 0 Å². The molecular formula is C13H17N3S. The van der Waals surface area contributed by atoms with Gasteiger partial charge in [0, 0.05) is 30.7 Å². The molecule has 1 atom stereocenters. The van der Waals surface area contributed by atoms with Crippen LogP contribution in [0.3, 0.4) is 0 Å². The van der Waals surface area contributed by atoms with Crippen molar-refractivity contribution in [3.63, 3.8) is 0 Å². The second-order valence-corrected chi connectivity index (χ2v) is 5.64. The van der Waals surface area contributed by atoms with Crippen LogP contribution < -0.4 is 5.32 Å². The zero-order chi connectivity index (χ0) is 11.7. The van der Waals surface area contributed by atoms with Gasteiger partial charge in [-0.05, 0) is 36.3 Å². The molecule has 1 saturated carbocycles. The van der Waals surface area contributed by atoms with Crippen molar-refractivity contribution in [3.8, 4) is 0 Å². The normalized spacial score (nSPS) is 17.2. The van der Waals surface area contributed by atoms with Crippen LogP contribution in [-0.4, -0.2) is 9.78 Å². The van der Waals surface area contributed by atoms with E-state index in [1.54, 1.807) is 0 Å². The Labute approximate surface area is 105 Å². The zero-order valence-corrected chi connectivity index (χ0v) is 10.8. The van der Waals surface area contributed by atoms with Crippen molar-refractivity contribution in [1.29, 1.82) is 0 Å². The average Bonchev–Trinajstić information content (AvgIpc) is 2.86. The standard InChI is InChI=1S/C13H17N3S/c1-16-11(6-7-15-16)9-14-13(10-4-5-10)12-3-2-8-17-12/h2-3,6-8,10,13-14H,4-5,9H2,1H3. The summed E-state index contributed by atoms with van der Waals surface area (Å²) in [5, 5.41) is 10.0. The highest BCUT2D eigenvalue weighted by molar-refractivity contribution is 7.10. The molecule has 0 aromatic carbocycles. The first-order chi connectivity index (χ1) is 8.34. The monoisotopic (exact) mass is 247 g/mol. The molecule has 0 bridgehead atoms. The molecule has 90 valence electrons. The predicted octanol–water partition coefficient (Wildman–Crippen LogP) is 2.72. The fourth-order valence-corrected chi connectivity index (χ4v) is 3.08. The second kappa shape index (κ2) is 4.63. The van der Waals surface area contributed by atoms with Gasteiger partial charge in [0.05, 0.1) is 5.69 Å². The molecule has 1 fully saturated rings. The number of nitrogens with one attached hydrogen (secondary N) is 1. The molecule has 3 rings (SSSR count). The van der Waals surface area contributed by atoms with E-state index >= 15 is 0 Å². The highest BCUT2D eigenvalue weighted by atomic mass is 32.1. The van der Waals surface area contributed by atoms with E-state index in [9.17, 15) is 0 Å². The zero-order valence-electron chi connectivity index (χ0n) is 9.97. The molecule has 0 saturated heterocycles. The third-order valence-electron chi connectivity index (χ3n) is 3.37. The predicted molar refractivity (Wildman–Crippen MR) is 69.8 cm³/mol. The summed E-state index contributed by atoms with van der Waals surface area (Å²) in [6.07, 6.45) is 4.58. The Morgan fingerprint density at radius 2 is 2.41 bits per heavy atom. The van der Waals surface area contributed by atoms with Gasteiger partial charge in [-0.1, -0.05) is 6.07 Å². The number of hydrogen-bond donors (Lipinski definition) is 1. The molecule has 0 spiro atoms. The average molecular weight is 247 g/mol. The Kier molecular flexibility index (Phi) is 2.99. The Morgan fingerprint density at radius 1 is 1.53 bits per heavy atom. The van der Waals surface area contributed by atoms with Crippen LogP contribution in [0.1, 0.15) is 29.5 Å². The van der Waals surface area contributed by atoms with E-state index in [2.05, 4.69) is 34.0 Å². The van der Waals surface area contributed by atoms with E-state index in [-0.39, 0.29) is 0 Å². The lowest BCUT2D eigenvalue weighted by Gasteiger charge is -2.16. The van der Waals surface area contributed by atoms with Gasteiger partial charge in [-0.15, -0.1) is 11.3 Å². The van der Waals surface area contributed by atoms with Gasteiger partial charge in [-0.3, -0.25) is 4.68 Å². The number of hydrogen-bond acceptors (Lipinski definition) is 3. The molecule has 4 heteroatoms. The van der Waals surface area contributed by atoms with Crippen molar-refractivity contribution < 1.29 is 0 Å². The summed E-state index contributed by atoms with van der Waals surface area (Å²) < 4.78 is 1.94. The van der Waals surface area contributed by atoms with Gasteiger partial charge in [0.2, 0.25) is 0 Å². The second-order valence-electron chi connectivity index (χ2n) is 4.66. The van der Waals surface area contributed by atoms with Gasteiger partial charge < -0.3 is 5.32 Å². The minimum atomic E-state index is 0.532. The number of aromatic nitrogens is 2. The van der Waals surface area contributed by atoms with Crippen LogP contribution in [0.15, 0.2) is 29.8 Å². The van der Waals surface area contributed by atoms with E-state index in [0.29, 0.717) is 6.04 Å². The quantitative estimate of drug-likeness (QED) is 0.880. The molecule has 2 heterocycles. The van der Waals surface area contributed by atoms with Crippen molar-refractivity contribution in [2.24, 2.45) is 13.0 Å². The number of nitrogens with zero attached hydrogens (tertiary/aromatic N) is 2. The highest BCUT2D eigenvalue weighted by Gasteiger charge is 2.32. The lowest BCUT2D eigenvalue weighted by molar-refractivity contribution is 0.475. The SMILES string of the molecule is Cn1nccc1CNC(c1cccs1)C1CC1. The van der Waals surface area contributed by atoms with Crippen LogP contribution in [0.5, 0.6) is 0 Å². The molecule has 0 amide bonds. The first-order valence-corrected chi connectivity index (χ1v) is 6.96. The molecule has 2 aromatic heterocycles. The van der Waals surface area contributed by atoms with E-state index < -0.39 is 0 Å². The van der Waals surface area contributed by atoms with Gasteiger partial charge in [-0.2, -0.15) is 5.10 Å². The Morgan fingerprint density at radius 3 is 3.00 bits per heavy atom.